The third-order valence-corrected chi connectivity index (χ3v) is 3.09. The van der Waals surface area contributed by atoms with Crippen LogP contribution >= 0.6 is 0 Å². The Morgan fingerprint density at radius 3 is 2.47 bits per heavy atom. The van der Waals surface area contributed by atoms with Crippen molar-refractivity contribution in [1.29, 1.82) is 0 Å². The lowest BCUT2D eigenvalue weighted by atomic mass is 10.1. The molecule has 0 aliphatic rings. The number of hydrogen-bond donors (Lipinski definition) is 1. The standard InChI is InChI=1S/C15H27NO/c1-2-3-4-5-6-7-8-12-16-13-11-15-10-9-14-17-15/h9-10,14,16H,2-8,11-13H2,1H3. The molecular formula is C15H27NO. The summed E-state index contributed by atoms with van der Waals surface area (Å²) in [5.41, 5.74) is 0. The Bertz CT molecular complexity index is 243. The van der Waals surface area contributed by atoms with Crippen LogP contribution < -0.4 is 5.32 Å². The Hall–Kier alpha value is -0.760. The van der Waals surface area contributed by atoms with Gasteiger partial charge in [-0.05, 0) is 25.1 Å². The van der Waals surface area contributed by atoms with Gasteiger partial charge in [0, 0.05) is 13.0 Å². The van der Waals surface area contributed by atoms with Crippen LogP contribution in [0.4, 0.5) is 0 Å². The largest absolute Gasteiger partial charge is 0.469 e. The van der Waals surface area contributed by atoms with Crippen molar-refractivity contribution in [3.63, 3.8) is 0 Å². The molecule has 0 saturated heterocycles. The van der Waals surface area contributed by atoms with Gasteiger partial charge in [0.05, 0.1) is 6.26 Å². The molecule has 1 N–H and O–H groups in total. The average molecular weight is 237 g/mol. The van der Waals surface area contributed by atoms with Crippen LogP contribution in [-0.2, 0) is 6.42 Å². The number of nitrogens with one attached hydrogen (secondary N) is 1. The first-order chi connectivity index (χ1) is 8.43. The fraction of sp³-hybridized carbons (Fsp3) is 0.733. The topological polar surface area (TPSA) is 25.2 Å². The molecule has 0 spiro atoms. The predicted molar refractivity (Wildman–Crippen MR) is 73.3 cm³/mol. The molecule has 2 heteroatoms. The van der Waals surface area contributed by atoms with E-state index < -0.39 is 0 Å². The maximum Gasteiger partial charge on any atom is 0.105 e. The molecule has 0 amide bonds. The second-order valence-electron chi connectivity index (χ2n) is 4.70. The quantitative estimate of drug-likeness (QED) is 0.585. The Morgan fingerprint density at radius 2 is 1.76 bits per heavy atom. The molecule has 0 bridgehead atoms. The second kappa shape index (κ2) is 10.4. The van der Waals surface area contributed by atoms with Gasteiger partial charge in [-0.15, -0.1) is 0 Å². The summed E-state index contributed by atoms with van der Waals surface area (Å²) in [6.07, 6.45) is 12.4. The number of unbranched alkanes of at least 4 members (excludes halogenated alkanes) is 6. The second-order valence-corrected chi connectivity index (χ2v) is 4.70. The lowest BCUT2D eigenvalue weighted by molar-refractivity contribution is 0.494. The molecule has 2 nitrogen and oxygen atoms in total. The van der Waals surface area contributed by atoms with Gasteiger partial charge >= 0.3 is 0 Å². The molecule has 1 aromatic rings. The Morgan fingerprint density at radius 1 is 1.00 bits per heavy atom. The number of hydrogen-bond acceptors (Lipinski definition) is 2. The van der Waals surface area contributed by atoms with Gasteiger partial charge in [-0.2, -0.15) is 0 Å². The summed E-state index contributed by atoms with van der Waals surface area (Å²) in [6.45, 7) is 4.45. The van der Waals surface area contributed by atoms with E-state index in [0.717, 1.165) is 25.3 Å². The average Bonchev–Trinajstić information content (AvgIpc) is 2.85. The Labute approximate surface area is 106 Å². The predicted octanol–water partition coefficient (Wildman–Crippen LogP) is 4.16. The third-order valence-electron chi connectivity index (χ3n) is 3.09. The van der Waals surface area contributed by atoms with E-state index in [2.05, 4.69) is 12.2 Å². The van der Waals surface area contributed by atoms with Crippen LogP contribution in [0.15, 0.2) is 22.8 Å². The fourth-order valence-corrected chi connectivity index (χ4v) is 2.00. The van der Waals surface area contributed by atoms with Gasteiger partial charge < -0.3 is 9.73 Å². The van der Waals surface area contributed by atoms with Crippen LogP contribution in [0.1, 0.15) is 57.6 Å². The van der Waals surface area contributed by atoms with Crippen molar-refractivity contribution >= 4 is 0 Å². The zero-order valence-corrected chi connectivity index (χ0v) is 11.2. The van der Waals surface area contributed by atoms with Crippen LogP contribution in [0.2, 0.25) is 0 Å². The van der Waals surface area contributed by atoms with Crippen LogP contribution in [0.25, 0.3) is 0 Å². The lowest BCUT2D eigenvalue weighted by Crippen LogP contribution is -2.18. The van der Waals surface area contributed by atoms with Crippen molar-refractivity contribution in [3.8, 4) is 0 Å². The van der Waals surface area contributed by atoms with Crippen LogP contribution in [0.3, 0.4) is 0 Å². The maximum absolute atomic E-state index is 5.28. The van der Waals surface area contributed by atoms with Crippen LogP contribution in [0.5, 0.6) is 0 Å². The van der Waals surface area contributed by atoms with Gasteiger partial charge in [0.25, 0.3) is 0 Å². The van der Waals surface area contributed by atoms with E-state index in [1.54, 1.807) is 6.26 Å². The summed E-state index contributed by atoms with van der Waals surface area (Å²) in [7, 11) is 0. The zero-order valence-electron chi connectivity index (χ0n) is 11.2. The molecule has 1 rings (SSSR count). The highest BCUT2D eigenvalue weighted by Gasteiger charge is 1.95. The molecule has 0 radical (unpaired) electrons. The summed E-state index contributed by atoms with van der Waals surface area (Å²) in [4.78, 5) is 0. The number of furan rings is 1. The lowest BCUT2D eigenvalue weighted by Gasteiger charge is -2.03. The first-order valence-corrected chi connectivity index (χ1v) is 7.16. The summed E-state index contributed by atoms with van der Waals surface area (Å²) in [6, 6.07) is 3.99. The molecule has 1 heterocycles. The third kappa shape index (κ3) is 8.03. The fourth-order valence-electron chi connectivity index (χ4n) is 2.00. The first kappa shape index (κ1) is 14.3. The van der Waals surface area contributed by atoms with Gasteiger partial charge in [-0.1, -0.05) is 45.4 Å². The van der Waals surface area contributed by atoms with Crippen LogP contribution in [-0.4, -0.2) is 13.1 Å². The molecular weight excluding hydrogens is 210 g/mol. The normalized spacial score (nSPS) is 10.9. The Balaban J connectivity index is 1.76. The molecule has 17 heavy (non-hydrogen) atoms. The highest BCUT2D eigenvalue weighted by atomic mass is 16.3. The van der Waals surface area contributed by atoms with E-state index in [0.29, 0.717) is 0 Å². The van der Waals surface area contributed by atoms with Crippen molar-refractivity contribution in [1.82, 2.24) is 5.32 Å². The summed E-state index contributed by atoms with van der Waals surface area (Å²) in [5, 5.41) is 3.47. The highest BCUT2D eigenvalue weighted by molar-refractivity contribution is 4.98. The molecule has 0 atom stereocenters. The molecule has 98 valence electrons. The molecule has 0 aliphatic carbocycles. The SMILES string of the molecule is CCCCCCCCCNCCc1ccco1. The molecule has 0 unspecified atom stereocenters. The highest BCUT2D eigenvalue weighted by Crippen LogP contribution is 2.06. The molecule has 1 aromatic heterocycles. The summed E-state index contributed by atoms with van der Waals surface area (Å²) >= 11 is 0. The minimum atomic E-state index is 1.00. The van der Waals surface area contributed by atoms with E-state index in [-0.39, 0.29) is 0 Å². The minimum Gasteiger partial charge on any atom is -0.469 e. The summed E-state index contributed by atoms with van der Waals surface area (Å²) in [5.74, 6) is 1.08. The zero-order chi connectivity index (χ0) is 12.2. The smallest absolute Gasteiger partial charge is 0.105 e. The molecule has 0 aliphatic heterocycles. The van der Waals surface area contributed by atoms with Crippen molar-refractivity contribution in [2.45, 2.75) is 58.3 Å². The van der Waals surface area contributed by atoms with Gasteiger partial charge in [0.1, 0.15) is 5.76 Å². The van der Waals surface area contributed by atoms with E-state index in [1.165, 1.54) is 44.9 Å². The van der Waals surface area contributed by atoms with E-state index in [9.17, 15) is 0 Å². The molecule has 0 aromatic carbocycles. The van der Waals surface area contributed by atoms with Crippen molar-refractivity contribution in [2.24, 2.45) is 0 Å². The van der Waals surface area contributed by atoms with E-state index in [1.807, 2.05) is 12.1 Å². The Kier molecular flexibility index (Phi) is 8.75. The molecule has 0 saturated carbocycles. The summed E-state index contributed by atoms with van der Waals surface area (Å²) < 4.78 is 5.28. The monoisotopic (exact) mass is 237 g/mol. The van der Waals surface area contributed by atoms with Crippen molar-refractivity contribution in [2.75, 3.05) is 13.1 Å². The molecule has 0 fully saturated rings. The van der Waals surface area contributed by atoms with E-state index >= 15 is 0 Å². The number of rotatable bonds is 11. The maximum atomic E-state index is 5.28. The van der Waals surface area contributed by atoms with E-state index in [4.69, 9.17) is 4.42 Å². The van der Waals surface area contributed by atoms with Gasteiger partial charge in [-0.25, -0.2) is 0 Å². The van der Waals surface area contributed by atoms with Crippen molar-refractivity contribution < 1.29 is 4.42 Å². The van der Waals surface area contributed by atoms with Gasteiger partial charge in [0.2, 0.25) is 0 Å². The van der Waals surface area contributed by atoms with Crippen LogP contribution in [0, 0.1) is 0 Å². The van der Waals surface area contributed by atoms with Crippen molar-refractivity contribution in [3.05, 3.63) is 24.2 Å². The van der Waals surface area contributed by atoms with Gasteiger partial charge in [-0.3, -0.25) is 0 Å². The minimum absolute atomic E-state index is 1.00. The van der Waals surface area contributed by atoms with Gasteiger partial charge in [0.15, 0.2) is 0 Å². The first-order valence-electron chi connectivity index (χ1n) is 7.16.